The average Bonchev–Trinajstić information content (AvgIpc) is 2.66. The van der Waals surface area contributed by atoms with Crippen LogP contribution in [0.3, 0.4) is 0 Å². The van der Waals surface area contributed by atoms with Crippen molar-refractivity contribution in [3.63, 3.8) is 0 Å². The zero-order chi connectivity index (χ0) is 19.0. The molecule has 0 atom stereocenters. The zero-order valence-electron chi connectivity index (χ0n) is 15.2. The van der Waals surface area contributed by atoms with Gasteiger partial charge in [-0.05, 0) is 37.8 Å². The van der Waals surface area contributed by atoms with Crippen LogP contribution < -0.4 is 10.6 Å². The Balaban J connectivity index is 1.78. The van der Waals surface area contributed by atoms with E-state index in [1.54, 1.807) is 28.6 Å². The van der Waals surface area contributed by atoms with Gasteiger partial charge in [-0.25, -0.2) is 12.7 Å². The van der Waals surface area contributed by atoms with E-state index >= 15 is 0 Å². The molecule has 1 aromatic rings. The Labute approximate surface area is 155 Å². The van der Waals surface area contributed by atoms with Gasteiger partial charge < -0.3 is 10.6 Å². The number of nitrogens with one attached hydrogen (secondary N) is 2. The number of piperidine rings is 1. The van der Waals surface area contributed by atoms with Gasteiger partial charge in [0.1, 0.15) is 0 Å². The van der Waals surface area contributed by atoms with Crippen LogP contribution >= 0.6 is 0 Å². The third kappa shape index (κ3) is 5.81. The lowest BCUT2D eigenvalue weighted by atomic mass is 10.1. The zero-order valence-corrected chi connectivity index (χ0v) is 16.0. The fourth-order valence-corrected chi connectivity index (χ4v) is 4.62. The SMILES string of the molecule is CNC(=O)c1ccccc1NC(=O)CCCCS(=O)(=O)N1CCCCC1. The highest BCUT2D eigenvalue weighted by Gasteiger charge is 2.23. The molecule has 8 heteroatoms. The van der Waals surface area contributed by atoms with Crippen LogP contribution in [0.25, 0.3) is 0 Å². The number of carbonyl (C=O) groups excluding carboxylic acids is 2. The molecule has 0 radical (unpaired) electrons. The van der Waals surface area contributed by atoms with Crippen LogP contribution in [0.1, 0.15) is 48.9 Å². The average molecular weight is 381 g/mol. The van der Waals surface area contributed by atoms with E-state index in [2.05, 4.69) is 10.6 Å². The Hall–Kier alpha value is -1.93. The van der Waals surface area contributed by atoms with Crippen LogP contribution in [-0.2, 0) is 14.8 Å². The van der Waals surface area contributed by atoms with Crippen molar-refractivity contribution in [3.8, 4) is 0 Å². The maximum absolute atomic E-state index is 12.3. The van der Waals surface area contributed by atoms with Crippen LogP contribution in [0.4, 0.5) is 5.69 Å². The molecule has 1 aromatic carbocycles. The van der Waals surface area contributed by atoms with Crippen LogP contribution in [0, 0.1) is 0 Å². The fourth-order valence-electron chi connectivity index (χ4n) is 2.98. The number of nitrogens with zero attached hydrogens (tertiary/aromatic N) is 1. The molecule has 2 rings (SSSR count). The topological polar surface area (TPSA) is 95.6 Å². The van der Waals surface area contributed by atoms with Gasteiger partial charge in [0.25, 0.3) is 5.91 Å². The number of hydrogen-bond donors (Lipinski definition) is 2. The summed E-state index contributed by atoms with van der Waals surface area (Å²) in [4.78, 5) is 23.9. The van der Waals surface area contributed by atoms with Crippen molar-refractivity contribution in [2.24, 2.45) is 0 Å². The minimum absolute atomic E-state index is 0.0785. The fraction of sp³-hybridized carbons (Fsp3) is 0.556. The first-order valence-electron chi connectivity index (χ1n) is 9.03. The largest absolute Gasteiger partial charge is 0.355 e. The lowest BCUT2D eigenvalue weighted by Crippen LogP contribution is -2.37. The second kappa shape index (κ2) is 9.68. The molecule has 1 saturated heterocycles. The van der Waals surface area contributed by atoms with E-state index in [1.165, 1.54) is 7.05 Å². The third-order valence-electron chi connectivity index (χ3n) is 4.44. The number of benzene rings is 1. The molecule has 0 aromatic heterocycles. The maximum Gasteiger partial charge on any atom is 0.253 e. The summed E-state index contributed by atoms with van der Waals surface area (Å²) in [5.74, 6) is -0.417. The van der Waals surface area contributed by atoms with Crippen LogP contribution in [-0.4, -0.2) is 50.4 Å². The molecule has 1 aliphatic heterocycles. The second-order valence-corrected chi connectivity index (χ2v) is 8.49. The van der Waals surface area contributed by atoms with Gasteiger partial charge in [-0.1, -0.05) is 18.6 Å². The van der Waals surface area contributed by atoms with Gasteiger partial charge in [0, 0.05) is 26.6 Å². The van der Waals surface area contributed by atoms with Gasteiger partial charge in [0.2, 0.25) is 15.9 Å². The number of carbonyl (C=O) groups is 2. The predicted octanol–water partition coefficient (Wildman–Crippen LogP) is 1.97. The van der Waals surface area contributed by atoms with E-state index in [0.717, 1.165) is 19.3 Å². The number of anilines is 1. The van der Waals surface area contributed by atoms with Gasteiger partial charge >= 0.3 is 0 Å². The first-order chi connectivity index (χ1) is 12.4. The number of para-hydroxylation sites is 1. The smallest absolute Gasteiger partial charge is 0.253 e. The summed E-state index contributed by atoms with van der Waals surface area (Å²) in [6.07, 6.45) is 4.09. The molecule has 26 heavy (non-hydrogen) atoms. The molecule has 0 spiro atoms. The Kier molecular flexibility index (Phi) is 7.59. The van der Waals surface area contributed by atoms with Crippen molar-refractivity contribution in [3.05, 3.63) is 29.8 Å². The van der Waals surface area contributed by atoms with Crippen molar-refractivity contribution >= 4 is 27.5 Å². The van der Waals surface area contributed by atoms with Crippen LogP contribution in [0.2, 0.25) is 0 Å². The highest BCUT2D eigenvalue weighted by molar-refractivity contribution is 7.89. The molecule has 0 aliphatic carbocycles. The monoisotopic (exact) mass is 381 g/mol. The molecule has 0 saturated carbocycles. The van der Waals surface area contributed by atoms with Crippen LogP contribution in [0.15, 0.2) is 24.3 Å². The van der Waals surface area contributed by atoms with E-state index in [0.29, 0.717) is 37.2 Å². The van der Waals surface area contributed by atoms with Gasteiger partial charge in [-0.15, -0.1) is 0 Å². The molecule has 0 unspecified atom stereocenters. The Bertz CT molecular complexity index is 728. The van der Waals surface area contributed by atoms with Gasteiger partial charge in [0.15, 0.2) is 0 Å². The number of amides is 2. The van der Waals surface area contributed by atoms with Gasteiger partial charge in [-0.2, -0.15) is 0 Å². The molecule has 1 fully saturated rings. The lowest BCUT2D eigenvalue weighted by molar-refractivity contribution is -0.116. The van der Waals surface area contributed by atoms with E-state index in [4.69, 9.17) is 0 Å². The molecular weight excluding hydrogens is 354 g/mol. The number of sulfonamides is 1. The summed E-state index contributed by atoms with van der Waals surface area (Å²) in [5.41, 5.74) is 0.855. The number of unbranched alkanes of at least 4 members (excludes halogenated alkanes) is 1. The minimum Gasteiger partial charge on any atom is -0.355 e. The van der Waals surface area contributed by atoms with Crippen molar-refractivity contribution < 1.29 is 18.0 Å². The molecule has 0 bridgehead atoms. The Morgan fingerprint density at radius 3 is 2.46 bits per heavy atom. The summed E-state index contributed by atoms with van der Waals surface area (Å²) >= 11 is 0. The summed E-state index contributed by atoms with van der Waals surface area (Å²) in [6.45, 7) is 1.22. The van der Waals surface area contributed by atoms with E-state index in [-0.39, 0.29) is 24.0 Å². The molecule has 7 nitrogen and oxygen atoms in total. The quantitative estimate of drug-likeness (QED) is 0.673. The molecular formula is C18H27N3O4S. The molecule has 1 heterocycles. The van der Waals surface area contributed by atoms with Crippen molar-refractivity contribution in [2.45, 2.75) is 38.5 Å². The summed E-state index contributed by atoms with van der Waals surface area (Å²) in [5, 5.41) is 5.26. The van der Waals surface area contributed by atoms with E-state index < -0.39 is 10.0 Å². The van der Waals surface area contributed by atoms with Crippen molar-refractivity contribution in [2.75, 3.05) is 31.2 Å². The first kappa shape index (κ1) is 20.4. The Morgan fingerprint density at radius 1 is 1.08 bits per heavy atom. The third-order valence-corrected chi connectivity index (χ3v) is 6.39. The number of hydrogen-bond acceptors (Lipinski definition) is 4. The maximum atomic E-state index is 12.3. The summed E-state index contributed by atoms with van der Waals surface area (Å²) in [7, 11) is -1.68. The lowest BCUT2D eigenvalue weighted by Gasteiger charge is -2.25. The highest BCUT2D eigenvalue weighted by Crippen LogP contribution is 2.17. The van der Waals surface area contributed by atoms with E-state index in [1.807, 2.05) is 0 Å². The Morgan fingerprint density at radius 2 is 1.77 bits per heavy atom. The van der Waals surface area contributed by atoms with E-state index in [9.17, 15) is 18.0 Å². The predicted molar refractivity (Wildman–Crippen MR) is 102 cm³/mol. The molecule has 2 N–H and O–H groups in total. The normalized spacial score (nSPS) is 15.4. The minimum atomic E-state index is -3.21. The van der Waals surface area contributed by atoms with Gasteiger partial charge in [-0.3, -0.25) is 9.59 Å². The second-order valence-electron chi connectivity index (χ2n) is 6.41. The number of rotatable bonds is 8. The first-order valence-corrected chi connectivity index (χ1v) is 10.6. The molecule has 1 aliphatic rings. The van der Waals surface area contributed by atoms with Crippen molar-refractivity contribution in [1.29, 1.82) is 0 Å². The van der Waals surface area contributed by atoms with Crippen LogP contribution in [0.5, 0.6) is 0 Å². The molecule has 144 valence electrons. The summed E-state index contributed by atoms with van der Waals surface area (Å²) in [6, 6.07) is 6.78. The standard InChI is InChI=1S/C18H27N3O4S/c1-19-18(23)15-9-3-4-10-16(15)20-17(22)11-5-8-14-26(24,25)21-12-6-2-7-13-21/h3-4,9-10H,2,5-8,11-14H2,1H3,(H,19,23)(H,20,22). The highest BCUT2D eigenvalue weighted by atomic mass is 32.2. The molecule has 2 amide bonds. The summed E-state index contributed by atoms with van der Waals surface area (Å²) < 4.78 is 26.1. The van der Waals surface area contributed by atoms with Gasteiger partial charge in [0.05, 0.1) is 17.0 Å². The van der Waals surface area contributed by atoms with Crippen molar-refractivity contribution in [1.82, 2.24) is 9.62 Å².